The van der Waals surface area contributed by atoms with Gasteiger partial charge in [0.25, 0.3) is 0 Å². The molecule has 1 aliphatic heterocycles. The van der Waals surface area contributed by atoms with Crippen LogP contribution in [0.3, 0.4) is 0 Å². The molecule has 1 unspecified atom stereocenters. The second-order valence-corrected chi connectivity index (χ2v) is 5.46. The first kappa shape index (κ1) is 12.1. The van der Waals surface area contributed by atoms with Gasteiger partial charge in [-0.25, -0.2) is 0 Å². The lowest BCUT2D eigenvalue weighted by molar-refractivity contribution is -0.118. The van der Waals surface area contributed by atoms with Crippen molar-refractivity contribution in [2.45, 2.75) is 11.7 Å². The molecule has 2 rings (SSSR count). The second-order valence-electron chi connectivity index (χ2n) is 3.29. The van der Waals surface area contributed by atoms with Crippen molar-refractivity contribution in [2.24, 2.45) is 10.2 Å². The fraction of sp³-hybridized carbons (Fsp3) is 0.182. The number of amides is 1. The van der Waals surface area contributed by atoms with E-state index >= 15 is 0 Å². The van der Waals surface area contributed by atoms with Crippen LogP contribution in [0.5, 0.6) is 0 Å². The van der Waals surface area contributed by atoms with Crippen LogP contribution in [0.4, 0.5) is 0 Å². The summed E-state index contributed by atoms with van der Waals surface area (Å²) < 4.78 is 0. The smallest absolute Gasteiger partial charge is 0.239 e. The minimum atomic E-state index is -0.122. The molecule has 88 valence electrons. The number of allylic oxidation sites excluding steroid dienone is 1. The summed E-state index contributed by atoms with van der Waals surface area (Å²) in [5, 5.41) is 13.0. The first-order chi connectivity index (χ1) is 8.29. The molecule has 4 nitrogen and oxygen atoms in total. The number of nitrogens with one attached hydrogen (secondary N) is 1. The minimum absolute atomic E-state index is 0.0278. The number of carbonyl (C=O) groups excluding carboxylic acids is 1. The van der Waals surface area contributed by atoms with E-state index in [1.54, 1.807) is 23.6 Å². The first-order valence-electron chi connectivity index (χ1n) is 5.02. The van der Waals surface area contributed by atoms with Gasteiger partial charge in [0.05, 0.1) is 11.5 Å². The van der Waals surface area contributed by atoms with E-state index in [2.05, 4.69) is 22.1 Å². The number of amidine groups is 1. The lowest BCUT2D eigenvalue weighted by Gasteiger charge is -1.96. The molecule has 0 radical (unpaired) electrons. The summed E-state index contributed by atoms with van der Waals surface area (Å²) in [5.41, 5.74) is 0. The van der Waals surface area contributed by atoms with Crippen molar-refractivity contribution in [1.82, 2.24) is 5.32 Å². The summed E-state index contributed by atoms with van der Waals surface area (Å²) in [6.07, 6.45) is 4.05. The van der Waals surface area contributed by atoms with Gasteiger partial charge in [-0.2, -0.15) is 5.10 Å². The molecule has 0 aromatic carbocycles. The van der Waals surface area contributed by atoms with Gasteiger partial charge in [0, 0.05) is 4.88 Å². The van der Waals surface area contributed by atoms with Gasteiger partial charge in [-0.1, -0.05) is 23.9 Å². The number of hydrogen-bond acceptors (Lipinski definition) is 5. The molecule has 1 aromatic heterocycles. The zero-order valence-corrected chi connectivity index (χ0v) is 10.6. The molecule has 0 saturated carbocycles. The highest BCUT2D eigenvalue weighted by atomic mass is 32.2. The van der Waals surface area contributed by atoms with Gasteiger partial charge in [-0.3, -0.25) is 4.79 Å². The second kappa shape index (κ2) is 5.79. The van der Waals surface area contributed by atoms with Gasteiger partial charge >= 0.3 is 0 Å². The summed E-state index contributed by atoms with van der Waals surface area (Å²) in [7, 11) is 0. The molecule has 1 amide bonds. The minimum Gasteiger partial charge on any atom is -0.303 e. The average molecular weight is 265 g/mol. The van der Waals surface area contributed by atoms with Gasteiger partial charge in [-0.05, 0) is 17.9 Å². The van der Waals surface area contributed by atoms with E-state index in [1.807, 2.05) is 17.5 Å². The Morgan fingerprint density at radius 1 is 1.59 bits per heavy atom. The number of rotatable bonds is 4. The Balaban J connectivity index is 1.95. The SMILES string of the molecule is C=CCC1S/C(=N\N=Cc2cccs2)NC1=O. The summed E-state index contributed by atoms with van der Waals surface area (Å²) in [5.74, 6) is -0.0278. The fourth-order valence-corrected chi connectivity index (χ4v) is 2.76. The number of hydrogen-bond donors (Lipinski definition) is 1. The normalized spacial score (nSPS) is 22.2. The number of thiophene rings is 1. The van der Waals surface area contributed by atoms with Crippen LogP contribution in [0.2, 0.25) is 0 Å². The van der Waals surface area contributed by atoms with Crippen molar-refractivity contribution in [2.75, 3.05) is 0 Å². The molecule has 17 heavy (non-hydrogen) atoms. The Bertz CT molecular complexity index is 465. The zero-order valence-electron chi connectivity index (χ0n) is 9.00. The third kappa shape index (κ3) is 3.28. The maximum Gasteiger partial charge on any atom is 0.239 e. The molecule has 1 aliphatic rings. The number of nitrogens with zero attached hydrogens (tertiary/aromatic N) is 2. The maximum atomic E-state index is 11.5. The molecule has 1 aromatic rings. The van der Waals surface area contributed by atoms with Crippen molar-refractivity contribution >= 4 is 40.4 Å². The van der Waals surface area contributed by atoms with Crippen molar-refractivity contribution in [3.63, 3.8) is 0 Å². The fourth-order valence-electron chi connectivity index (χ4n) is 1.26. The van der Waals surface area contributed by atoms with E-state index in [0.29, 0.717) is 11.6 Å². The summed E-state index contributed by atoms with van der Waals surface area (Å²) >= 11 is 2.98. The molecule has 1 fully saturated rings. The van der Waals surface area contributed by atoms with E-state index in [4.69, 9.17) is 0 Å². The third-order valence-electron chi connectivity index (χ3n) is 2.03. The van der Waals surface area contributed by atoms with Crippen LogP contribution >= 0.6 is 23.1 Å². The molecule has 0 bridgehead atoms. The Morgan fingerprint density at radius 3 is 3.18 bits per heavy atom. The molecular formula is C11H11N3OS2. The van der Waals surface area contributed by atoms with Gasteiger partial charge in [0.15, 0.2) is 5.17 Å². The summed E-state index contributed by atoms with van der Waals surface area (Å²) in [4.78, 5) is 12.5. The molecule has 2 heterocycles. The van der Waals surface area contributed by atoms with Gasteiger partial charge in [0.1, 0.15) is 0 Å². The van der Waals surface area contributed by atoms with Gasteiger partial charge < -0.3 is 5.32 Å². The van der Waals surface area contributed by atoms with Crippen molar-refractivity contribution in [3.8, 4) is 0 Å². The van der Waals surface area contributed by atoms with Crippen LogP contribution in [0.15, 0.2) is 40.4 Å². The summed E-state index contributed by atoms with van der Waals surface area (Å²) in [6.45, 7) is 3.62. The Labute approximate surface area is 108 Å². The lowest BCUT2D eigenvalue weighted by atomic mass is 10.3. The Hall–Kier alpha value is -1.40. The maximum absolute atomic E-state index is 11.5. The predicted molar refractivity (Wildman–Crippen MR) is 73.7 cm³/mol. The quantitative estimate of drug-likeness (QED) is 0.516. The van der Waals surface area contributed by atoms with Crippen molar-refractivity contribution in [3.05, 3.63) is 35.0 Å². The third-order valence-corrected chi connectivity index (χ3v) is 3.94. The Kier molecular flexibility index (Phi) is 4.11. The van der Waals surface area contributed by atoms with Crippen molar-refractivity contribution < 1.29 is 4.79 Å². The molecule has 1 atom stereocenters. The molecular weight excluding hydrogens is 254 g/mol. The first-order valence-corrected chi connectivity index (χ1v) is 6.78. The molecule has 6 heteroatoms. The summed E-state index contributed by atoms with van der Waals surface area (Å²) in [6, 6.07) is 3.90. The van der Waals surface area contributed by atoms with E-state index < -0.39 is 0 Å². The molecule has 0 aliphatic carbocycles. The van der Waals surface area contributed by atoms with E-state index in [9.17, 15) is 4.79 Å². The van der Waals surface area contributed by atoms with E-state index in [-0.39, 0.29) is 11.2 Å². The van der Waals surface area contributed by atoms with Crippen LogP contribution in [-0.2, 0) is 4.79 Å². The van der Waals surface area contributed by atoms with Gasteiger partial charge in [-0.15, -0.1) is 23.0 Å². The van der Waals surface area contributed by atoms with Crippen LogP contribution in [0.25, 0.3) is 0 Å². The lowest BCUT2D eigenvalue weighted by Crippen LogP contribution is -2.24. The van der Waals surface area contributed by atoms with E-state index in [0.717, 1.165) is 4.88 Å². The number of thioether (sulfide) groups is 1. The van der Waals surface area contributed by atoms with Crippen molar-refractivity contribution in [1.29, 1.82) is 0 Å². The molecule has 0 spiro atoms. The Morgan fingerprint density at radius 2 is 2.47 bits per heavy atom. The van der Waals surface area contributed by atoms with Gasteiger partial charge in [0.2, 0.25) is 5.91 Å². The predicted octanol–water partition coefficient (Wildman–Crippen LogP) is 2.25. The zero-order chi connectivity index (χ0) is 12.1. The number of carbonyl (C=O) groups is 1. The van der Waals surface area contributed by atoms with Crippen LogP contribution in [0, 0.1) is 0 Å². The monoisotopic (exact) mass is 265 g/mol. The van der Waals surface area contributed by atoms with Crippen LogP contribution < -0.4 is 5.32 Å². The highest BCUT2D eigenvalue weighted by molar-refractivity contribution is 8.15. The van der Waals surface area contributed by atoms with Crippen LogP contribution in [-0.4, -0.2) is 22.5 Å². The highest BCUT2D eigenvalue weighted by Crippen LogP contribution is 2.22. The topological polar surface area (TPSA) is 53.8 Å². The van der Waals surface area contributed by atoms with E-state index in [1.165, 1.54) is 11.8 Å². The molecule has 1 N–H and O–H groups in total. The van der Waals surface area contributed by atoms with Crippen LogP contribution in [0.1, 0.15) is 11.3 Å². The average Bonchev–Trinajstić information content (AvgIpc) is 2.91. The largest absolute Gasteiger partial charge is 0.303 e. The molecule has 1 saturated heterocycles. The highest BCUT2D eigenvalue weighted by Gasteiger charge is 2.28. The standard InChI is InChI=1S/C11H11N3OS2/c1-2-4-9-10(15)13-11(17-9)14-12-7-8-5-3-6-16-8/h2-3,5-7,9H,1,4H2,(H,13,14,15).